The number of rotatable bonds is 1. The van der Waals surface area contributed by atoms with Crippen molar-refractivity contribution in [2.45, 2.75) is 18.5 Å². The van der Waals surface area contributed by atoms with E-state index in [1.165, 1.54) is 0 Å². The number of nitrogens with zero attached hydrogens (tertiary/aromatic N) is 1. The number of carbonyl (C=O) groups is 2. The molecule has 0 aliphatic carbocycles. The Balaban J connectivity index is 2.72. The molecule has 1 aliphatic rings. The minimum Gasteiger partial charge on any atom is -0.480 e. The Morgan fingerprint density at radius 2 is 2.00 bits per heavy atom. The van der Waals surface area contributed by atoms with Crippen molar-refractivity contribution >= 4 is 12.1 Å². The zero-order valence-corrected chi connectivity index (χ0v) is 6.30. The largest absolute Gasteiger partial charge is 0.480 e. The predicted octanol–water partition coefficient (Wildman–Crippen LogP) is -0.849. The van der Waals surface area contributed by atoms with Gasteiger partial charge in [-0.05, 0) is 6.42 Å². The summed E-state index contributed by atoms with van der Waals surface area (Å²) >= 11 is 0. The fourth-order valence-electron chi connectivity index (χ4n) is 1.31. The average Bonchev–Trinajstić information content (AvgIpc) is 2.31. The zero-order chi connectivity index (χ0) is 9.30. The molecule has 6 nitrogen and oxygen atoms in total. The maximum absolute atomic E-state index is 10.5. The summed E-state index contributed by atoms with van der Waals surface area (Å²) in [6.07, 6.45) is -1.03. The van der Waals surface area contributed by atoms with Gasteiger partial charge in [-0.1, -0.05) is 0 Å². The van der Waals surface area contributed by atoms with Crippen molar-refractivity contribution in [2.24, 2.45) is 5.73 Å². The lowest BCUT2D eigenvalue weighted by Crippen LogP contribution is -2.39. The number of amides is 1. The first-order valence-corrected chi connectivity index (χ1v) is 3.50. The van der Waals surface area contributed by atoms with E-state index >= 15 is 0 Å². The topological polar surface area (TPSA) is 104 Å². The number of carboxylic acid groups (broad SMARTS) is 2. The summed E-state index contributed by atoms with van der Waals surface area (Å²) in [5.74, 6) is -1.13. The Bertz CT molecular complexity index is 196. The molecule has 0 radical (unpaired) electrons. The lowest BCUT2D eigenvalue weighted by molar-refractivity contribution is -0.141. The van der Waals surface area contributed by atoms with E-state index in [4.69, 9.17) is 15.9 Å². The van der Waals surface area contributed by atoms with Crippen LogP contribution in [0.1, 0.15) is 6.42 Å². The molecular weight excluding hydrogens is 164 g/mol. The van der Waals surface area contributed by atoms with Crippen molar-refractivity contribution in [3.05, 3.63) is 0 Å². The summed E-state index contributed by atoms with van der Waals surface area (Å²) in [6.45, 7) is 0.103. The second-order valence-electron chi connectivity index (χ2n) is 2.78. The van der Waals surface area contributed by atoms with Gasteiger partial charge < -0.3 is 15.9 Å². The standard InChI is InChI=1S/C6H10N2O4/c7-3-1-4(5(9)10)8(2-3)6(11)12/h3-4H,1-2,7H2,(H,9,10)(H,11,12)/t3-,4-/m1/s1. The minimum absolute atomic E-state index is 0.103. The van der Waals surface area contributed by atoms with Crippen molar-refractivity contribution in [3.63, 3.8) is 0 Å². The Morgan fingerprint density at radius 1 is 1.42 bits per heavy atom. The first kappa shape index (κ1) is 8.79. The molecule has 0 unspecified atom stereocenters. The van der Waals surface area contributed by atoms with Crippen molar-refractivity contribution in [1.29, 1.82) is 0 Å². The molecule has 0 aromatic carbocycles. The molecule has 1 fully saturated rings. The molecule has 2 atom stereocenters. The van der Waals surface area contributed by atoms with Gasteiger partial charge in [-0.3, -0.25) is 4.90 Å². The van der Waals surface area contributed by atoms with Gasteiger partial charge in [-0.2, -0.15) is 0 Å². The zero-order valence-electron chi connectivity index (χ0n) is 6.30. The molecule has 0 spiro atoms. The number of likely N-dealkylation sites (tertiary alicyclic amines) is 1. The van der Waals surface area contributed by atoms with E-state index in [2.05, 4.69) is 0 Å². The number of nitrogens with two attached hydrogens (primary N) is 1. The monoisotopic (exact) mass is 174 g/mol. The SMILES string of the molecule is N[C@@H]1C[C@H](C(=O)O)N(C(=O)O)C1. The van der Waals surface area contributed by atoms with Crippen LogP contribution < -0.4 is 5.73 Å². The maximum Gasteiger partial charge on any atom is 0.408 e. The van der Waals surface area contributed by atoms with Crippen LogP contribution in [0.15, 0.2) is 0 Å². The highest BCUT2D eigenvalue weighted by Gasteiger charge is 2.38. The van der Waals surface area contributed by atoms with Gasteiger partial charge in [0.15, 0.2) is 0 Å². The summed E-state index contributed by atoms with van der Waals surface area (Å²) in [7, 11) is 0. The molecule has 12 heavy (non-hydrogen) atoms. The number of aliphatic carboxylic acids is 1. The van der Waals surface area contributed by atoms with Gasteiger partial charge in [0.05, 0.1) is 0 Å². The minimum atomic E-state index is -1.23. The molecular formula is C6H10N2O4. The van der Waals surface area contributed by atoms with E-state index in [1.807, 2.05) is 0 Å². The van der Waals surface area contributed by atoms with Crippen molar-refractivity contribution in [2.75, 3.05) is 6.54 Å². The third kappa shape index (κ3) is 1.48. The summed E-state index contributed by atoms with van der Waals surface area (Å²) < 4.78 is 0. The fourth-order valence-corrected chi connectivity index (χ4v) is 1.31. The van der Waals surface area contributed by atoms with Crippen LogP contribution in [0.2, 0.25) is 0 Å². The van der Waals surface area contributed by atoms with Gasteiger partial charge in [0, 0.05) is 12.6 Å². The van der Waals surface area contributed by atoms with Crippen molar-refractivity contribution < 1.29 is 19.8 Å². The number of carboxylic acids is 1. The molecule has 0 aromatic heterocycles. The quantitative estimate of drug-likeness (QED) is 0.480. The van der Waals surface area contributed by atoms with E-state index in [0.717, 1.165) is 4.90 Å². The molecule has 1 aliphatic heterocycles. The maximum atomic E-state index is 10.5. The lowest BCUT2D eigenvalue weighted by Gasteiger charge is -2.16. The van der Waals surface area contributed by atoms with Gasteiger partial charge in [0.25, 0.3) is 0 Å². The molecule has 0 saturated carbocycles. The molecule has 1 rings (SSSR count). The third-order valence-electron chi connectivity index (χ3n) is 1.86. The smallest absolute Gasteiger partial charge is 0.408 e. The molecule has 1 amide bonds. The Labute approximate surface area is 68.6 Å². The highest BCUT2D eigenvalue weighted by Crippen LogP contribution is 2.16. The van der Waals surface area contributed by atoms with Crippen LogP contribution in [-0.4, -0.2) is 45.8 Å². The van der Waals surface area contributed by atoms with E-state index < -0.39 is 18.1 Å². The first-order valence-electron chi connectivity index (χ1n) is 3.50. The highest BCUT2D eigenvalue weighted by molar-refractivity contribution is 5.80. The van der Waals surface area contributed by atoms with Crippen LogP contribution in [0.25, 0.3) is 0 Å². The van der Waals surface area contributed by atoms with Crippen LogP contribution in [0, 0.1) is 0 Å². The van der Waals surface area contributed by atoms with E-state index in [-0.39, 0.29) is 19.0 Å². The Morgan fingerprint density at radius 3 is 2.33 bits per heavy atom. The van der Waals surface area contributed by atoms with Crippen LogP contribution >= 0.6 is 0 Å². The molecule has 0 aromatic rings. The molecule has 4 N–H and O–H groups in total. The molecule has 6 heteroatoms. The van der Waals surface area contributed by atoms with Gasteiger partial charge in [-0.25, -0.2) is 9.59 Å². The number of hydrogen-bond acceptors (Lipinski definition) is 3. The summed E-state index contributed by atoms with van der Waals surface area (Å²) in [4.78, 5) is 21.8. The van der Waals surface area contributed by atoms with E-state index in [1.54, 1.807) is 0 Å². The van der Waals surface area contributed by atoms with Crippen LogP contribution in [-0.2, 0) is 4.79 Å². The Kier molecular flexibility index (Phi) is 2.18. The fraction of sp³-hybridized carbons (Fsp3) is 0.667. The van der Waals surface area contributed by atoms with Crippen molar-refractivity contribution in [3.8, 4) is 0 Å². The summed E-state index contributed by atoms with van der Waals surface area (Å²) in [6, 6.07) is -1.33. The van der Waals surface area contributed by atoms with Crippen LogP contribution in [0.4, 0.5) is 4.79 Å². The van der Waals surface area contributed by atoms with Gasteiger partial charge in [0.1, 0.15) is 6.04 Å². The second-order valence-corrected chi connectivity index (χ2v) is 2.78. The normalized spacial score (nSPS) is 28.9. The third-order valence-corrected chi connectivity index (χ3v) is 1.86. The van der Waals surface area contributed by atoms with Crippen LogP contribution in [0.3, 0.4) is 0 Å². The molecule has 1 saturated heterocycles. The van der Waals surface area contributed by atoms with Crippen LogP contribution in [0.5, 0.6) is 0 Å². The van der Waals surface area contributed by atoms with Gasteiger partial charge in [0.2, 0.25) is 0 Å². The average molecular weight is 174 g/mol. The van der Waals surface area contributed by atoms with Gasteiger partial charge in [-0.15, -0.1) is 0 Å². The molecule has 1 heterocycles. The summed E-state index contributed by atoms with van der Waals surface area (Å²) in [5.41, 5.74) is 5.42. The number of hydrogen-bond donors (Lipinski definition) is 3. The van der Waals surface area contributed by atoms with E-state index in [9.17, 15) is 9.59 Å². The summed E-state index contributed by atoms with van der Waals surface area (Å²) in [5, 5.41) is 17.1. The molecule has 68 valence electrons. The second kappa shape index (κ2) is 2.98. The first-order chi connectivity index (χ1) is 5.52. The lowest BCUT2D eigenvalue weighted by atomic mass is 10.2. The predicted molar refractivity (Wildman–Crippen MR) is 38.7 cm³/mol. The Hall–Kier alpha value is -1.30. The van der Waals surface area contributed by atoms with E-state index in [0.29, 0.717) is 0 Å². The van der Waals surface area contributed by atoms with Crippen molar-refractivity contribution in [1.82, 2.24) is 4.90 Å². The highest BCUT2D eigenvalue weighted by atomic mass is 16.4. The molecule has 0 bridgehead atoms. The van der Waals surface area contributed by atoms with Gasteiger partial charge >= 0.3 is 12.1 Å².